The average molecular weight is 669 g/mol. The van der Waals surface area contributed by atoms with E-state index in [-0.39, 0.29) is 6.17 Å². The Morgan fingerprint density at radius 3 is 2.10 bits per heavy atom. The number of allylic oxidation sites excluding steroid dienone is 1. The molecule has 1 aliphatic rings. The molecule has 0 saturated heterocycles. The first-order chi connectivity index (χ1) is 25.7. The zero-order chi connectivity index (χ0) is 34.9. The van der Waals surface area contributed by atoms with Crippen LogP contribution in [-0.2, 0) is 0 Å². The third kappa shape index (κ3) is 6.00. The lowest BCUT2D eigenvalue weighted by molar-refractivity contribution is 0.664. The van der Waals surface area contributed by atoms with E-state index < -0.39 is 0 Å². The molecule has 0 bridgehead atoms. The van der Waals surface area contributed by atoms with E-state index in [2.05, 4.69) is 126 Å². The molecule has 1 unspecified atom stereocenters. The van der Waals surface area contributed by atoms with Crippen molar-refractivity contribution >= 4 is 44.7 Å². The van der Waals surface area contributed by atoms with Crippen LogP contribution >= 0.6 is 0 Å². The van der Waals surface area contributed by atoms with Crippen LogP contribution in [-0.4, -0.2) is 5.71 Å². The maximum Gasteiger partial charge on any atom is 0.145 e. The third-order valence-electron chi connectivity index (χ3n) is 9.54. The zero-order valence-electron chi connectivity index (χ0n) is 28.1. The van der Waals surface area contributed by atoms with Gasteiger partial charge in [0.2, 0.25) is 0 Å². The maximum atomic E-state index is 9.55. The van der Waals surface area contributed by atoms with Crippen molar-refractivity contribution < 1.29 is 4.42 Å². The van der Waals surface area contributed by atoms with E-state index in [0.29, 0.717) is 5.56 Å². The Morgan fingerprint density at radius 2 is 1.29 bits per heavy atom. The molecule has 0 aliphatic carbocycles. The van der Waals surface area contributed by atoms with E-state index in [1.807, 2.05) is 66.7 Å². The van der Waals surface area contributed by atoms with Gasteiger partial charge in [0.05, 0.1) is 17.3 Å². The Balaban J connectivity index is 1.06. The van der Waals surface area contributed by atoms with Crippen molar-refractivity contribution in [2.24, 2.45) is 4.99 Å². The first-order valence-corrected chi connectivity index (χ1v) is 17.3. The SMILES string of the molecule is N#Cc1cccc(C2=CC(c3ccccc3)=NC(c3ccc(Nc4ccc(-c5ccccc5)cc4-c4ccc5c(c4)oc4ccccc45)cc3)N2)c1. The molecule has 246 valence electrons. The fraction of sp³-hybridized carbons (Fsp3) is 0.0213. The highest BCUT2D eigenvalue weighted by Crippen LogP contribution is 2.38. The van der Waals surface area contributed by atoms with E-state index in [0.717, 1.165) is 83.7 Å². The molecular formula is C47H32N4O. The van der Waals surface area contributed by atoms with Gasteiger partial charge in [-0.15, -0.1) is 0 Å². The second-order valence-electron chi connectivity index (χ2n) is 12.9. The number of rotatable bonds is 7. The van der Waals surface area contributed by atoms with Crippen LogP contribution in [0.1, 0.15) is 28.4 Å². The van der Waals surface area contributed by atoms with Gasteiger partial charge in [0, 0.05) is 33.4 Å². The van der Waals surface area contributed by atoms with Gasteiger partial charge in [0.25, 0.3) is 0 Å². The van der Waals surface area contributed by atoms with Gasteiger partial charge in [0.1, 0.15) is 17.3 Å². The summed E-state index contributed by atoms with van der Waals surface area (Å²) in [6.07, 6.45) is 1.74. The Bertz CT molecular complexity index is 2680. The van der Waals surface area contributed by atoms with Crippen molar-refractivity contribution in [2.45, 2.75) is 6.17 Å². The molecule has 1 atom stereocenters. The van der Waals surface area contributed by atoms with Crippen molar-refractivity contribution in [2.75, 3.05) is 5.32 Å². The van der Waals surface area contributed by atoms with Gasteiger partial charge in [-0.05, 0) is 94.1 Å². The monoisotopic (exact) mass is 668 g/mol. The zero-order valence-corrected chi connectivity index (χ0v) is 28.1. The first kappa shape index (κ1) is 30.9. The van der Waals surface area contributed by atoms with Gasteiger partial charge in [-0.1, -0.05) is 115 Å². The number of hydrogen-bond acceptors (Lipinski definition) is 5. The van der Waals surface area contributed by atoms with Gasteiger partial charge >= 0.3 is 0 Å². The number of para-hydroxylation sites is 1. The number of nitrogens with zero attached hydrogens (tertiary/aromatic N) is 2. The topological polar surface area (TPSA) is 73.3 Å². The van der Waals surface area contributed by atoms with Crippen molar-refractivity contribution in [3.8, 4) is 28.3 Å². The fourth-order valence-corrected chi connectivity index (χ4v) is 6.88. The summed E-state index contributed by atoms with van der Waals surface area (Å²) in [5, 5.41) is 19.1. The quantitative estimate of drug-likeness (QED) is 0.177. The molecule has 5 heteroatoms. The van der Waals surface area contributed by atoms with Crippen LogP contribution in [0.15, 0.2) is 185 Å². The largest absolute Gasteiger partial charge is 0.456 e. The number of fused-ring (bicyclic) bond motifs is 3. The smallest absolute Gasteiger partial charge is 0.145 e. The highest BCUT2D eigenvalue weighted by Gasteiger charge is 2.20. The van der Waals surface area contributed by atoms with Crippen molar-refractivity contribution in [3.63, 3.8) is 0 Å². The van der Waals surface area contributed by atoms with Crippen LogP contribution in [0.25, 0.3) is 49.9 Å². The predicted molar refractivity (Wildman–Crippen MR) is 212 cm³/mol. The fourth-order valence-electron chi connectivity index (χ4n) is 6.88. The molecule has 9 rings (SSSR count). The van der Waals surface area contributed by atoms with Crippen molar-refractivity contribution in [1.82, 2.24) is 5.32 Å². The number of anilines is 2. The van der Waals surface area contributed by atoms with E-state index in [4.69, 9.17) is 9.41 Å². The van der Waals surface area contributed by atoms with E-state index in [9.17, 15) is 5.26 Å². The summed E-state index contributed by atoms with van der Waals surface area (Å²) in [5.41, 5.74) is 13.6. The molecule has 1 aliphatic heterocycles. The average Bonchev–Trinajstić information content (AvgIpc) is 3.60. The Kier molecular flexibility index (Phi) is 7.88. The molecule has 2 heterocycles. The minimum absolute atomic E-state index is 0.314. The van der Waals surface area contributed by atoms with E-state index in [1.165, 1.54) is 0 Å². The summed E-state index contributed by atoms with van der Waals surface area (Å²) in [6.45, 7) is 0. The van der Waals surface area contributed by atoms with Crippen molar-refractivity contribution in [1.29, 1.82) is 5.26 Å². The van der Waals surface area contributed by atoms with Crippen LogP contribution in [0.2, 0.25) is 0 Å². The molecule has 0 radical (unpaired) electrons. The second-order valence-corrected chi connectivity index (χ2v) is 12.9. The van der Waals surface area contributed by atoms with Crippen molar-refractivity contribution in [3.05, 3.63) is 198 Å². The summed E-state index contributed by atoms with van der Waals surface area (Å²) < 4.78 is 6.29. The molecule has 0 fully saturated rings. The van der Waals surface area contributed by atoms with Crippen LogP contribution in [0.4, 0.5) is 11.4 Å². The lowest BCUT2D eigenvalue weighted by Crippen LogP contribution is -2.24. The first-order valence-electron chi connectivity index (χ1n) is 17.3. The molecule has 0 saturated carbocycles. The van der Waals surface area contributed by atoms with Crippen LogP contribution in [0.3, 0.4) is 0 Å². The maximum absolute atomic E-state index is 9.55. The summed E-state index contributed by atoms with van der Waals surface area (Å²) in [6, 6.07) is 60.2. The molecule has 0 spiro atoms. The number of nitrogens with one attached hydrogen (secondary N) is 2. The van der Waals surface area contributed by atoms with Gasteiger partial charge in [-0.25, -0.2) is 0 Å². The van der Waals surface area contributed by atoms with Crippen LogP contribution < -0.4 is 10.6 Å². The summed E-state index contributed by atoms with van der Waals surface area (Å²) in [7, 11) is 0. The molecule has 8 aromatic rings. The molecule has 5 nitrogen and oxygen atoms in total. The van der Waals surface area contributed by atoms with Crippen LogP contribution in [0, 0.1) is 11.3 Å². The summed E-state index contributed by atoms with van der Waals surface area (Å²) in [4.78, 5) is 5.12. The van der Waals surface area contributed by atoms with E-state index in [1.54, 1.807) is 0 Å². The number of nitriles is 1. The second kappa shape index (κ2) is 13.3. The highest BCUT2D eigenvalue weighted by molar-refractivity contribution is 6.13. The minimum Gasteiger partial charge on any atom is -0.456 e. The lowest BCUT2D eigenvalue weighted by atomic mass is 9.96. The number of aliphatic imine (C=N–C) groups is 1. The predicted octanol–water partition coefficient (Wildman–Crippen LogP) is 11.7. The number of hydrogen-bond donors (Lipinski definition) is 2. The van der Waals surface area contributed by atoms with Gasteiger partial charge in [-0.3, -0.25) is 4.99 Å². The molecule has 52 heavy (non-hydrogen) atoms. The highest BCUT2D eigenvalue weighted by atomic mass is 16.3. The number of benzene rings is 7. The van der Waals surface area contributed by atoms with Crippen LogP contribution in [0.5, 0.6) is 0 Å². The standard InChI is InChI=1S/C47H32N4O/c48-30-31-10-9-15-37(26-31)44-29-43(33-13-5-2-6-14-33)50-47(51-44)34-18-22-38(23-19-34)49-42-25-21-35(32-11-3-1-4-12-32)27-41(42)36-20-24-40-39-16-7-8-17-45(39)52-46(40)28-36/h1-29,47,49,51H. The van der Waals surface area contributed by atoms with Gasteiger partial charge in [-0.2, -0.15) is 5.26 Å². The summed E-state index contributed by atoms with van der Waals surface area (Å²) in [5.74, 6) is 0. The molecular weight excluding hydrogens is 637 g/mol. The van der Waals surface area contributed by atoms with E-state index >= 15 is 0 Å². The number of furan rings is 1. The lowest BCUT2D eigenvalue weighted by Gasteiger charge is -2.25. The molecule has 0 amide bonds. The van der Waals surface area contributed by atoms with Gasteiger partial charge < -0.3 is 15.1 Å². The molecule has 7 aromatic carbocycles. The van der Waals surface area contributed by atoms with Gasteiger partial charge in [0.15, 0.2) is 0 Å². The molecule has 1 aromatic heterocycles. The Morgan fingerprint density at radius 1 is 0.577 bits per heavy atom. The Labute approximate surface area is 301 Å². The third-order valence-corrected chi connectivity index (χ3v) is 9.54. The summed E-state index contributed by atoms with van der Waals surface area (Å²) >= 11 is 0. The molecule has 2 N–H and O–H groups in total. The minimum atomic E-state index is -0.314. The Hall–Kier alpha value is -7.16. The normalized spacial score (nSPS) is 13.9.